The first-order chi connectivity index (χ1) is 14.6. The summed E-state index contributed by atoms with van der Waals surface area (Å²) < 4.78 is 13.8. The molecule has 1 aliphatic carbocycles. The highest BCUT2D eigenvalue weighted by atomic mass is 19.1. The Morgan fingerprint density at radius 1 is 1.00 bits per heavy atom. The molecular weight excluding hydrogens is 373 g/mol. The average molecular weight is 397 g/mol. The lowest BCUT2D eigenvalue weighted by Gasteiger charge is -2.13. The van der Waals surface area contributed by atoms with Crippen LogP contribution in [0.1, 0.15) is 37.3 Å². The normalized spacial score (nSPS) is 19.6. The van der Waals surface area contributed by atoms with E-state index in [-0.39, 0.29) is 5.82 Å². The van der Waals surface area contributed by atoms with Gasteiger partial charge >= 0.3 is 0 Å². The van der Waals surface area contributed by atoms with E-state index in [2.05, 4.69) is 36.2 Å². The van der Waals surface area contributed by atoms with Gasteiger partial charge in [-0.15, -0.1) is 0 Å². The van der Waals surface area contributed by atoms with Crippen LogP contribution in [0.4, 0.5) is 10.1 Å². The van der Waals surface area contributed by atoms with Crippen molar-refractivity contribution in [1.29, 1.82) is 0 Å². The molecule has 0 saturated heterocycles. The zero-order valence-corrected chi connectivity index (χ0v) is 17.3. The van der Waals surface area contributed by atoms with Gasteiger partial charge in [-0.05, 0) is 79.6 Å². The van der Waals surface area contributed by atoms with Gasteiger partial charge in [0.1, 0.15) is 5.82 Å². The van der Waals surface area contributed by atoms with Gasteiger partial charge in [-0.25, -0.2) is 4.39 Å². The Balaban J connectivity index is 1.63. The molecule has 1 fully saturated rings. The Hall–Kier alpha value is -3.14. The van der Waals surface area contributed by atoms with Crippen LogP contribution in [0.15, 0.2) is 64.7 Å². The number of nitrogens with zero attached hydrogens (tertiary/aromatic N) is 3. The smallest absolute Gasteiger partial charge is 0.126 e. The molecule has 0 amide bonds. The van der Waals surface area contributed by atoms with E-state index in [4.69, 9.17) is 9.98 Å². The lowest BCUT2D eigenvalue weighted by molar-refractivity contribution is 0.619. The van der Waals surface area contributed by atoms with Crippen LogP contribution in [-0.2, 0) is 0 Å². The van der Waals surface area contributed by atoms with E-state index in [1.54, 1.807) is 19.2 Å². The second-order valence-corrected chi connectivity index (χ2v) is 8.36. The van der Waals surface area contributed by atoms with E-state index in [0.29, 0.717) is 17.5 Å². The van der Waals surface area contributed by atoms with Crippen LogP contribution in [0, 0.1) is 18.7 Å². The molecule has 1 atom stereocenters. The van der Waals surface area contributed by atoms with Crippen molar-refractivity contribution < 1.29 is 4.39 Å². The van der Waals surface area contributed by atoms with Crippen molar-refractivity contribution in [2.24, 2.45) is 15.9 Å². The Bertz CT molecular complexity index is 1170. The fraction of sp³-hybridized carbons (Fsp3) is 0.269. The quantitative estimate of drug-likeness (QED) is 0.493. The summed E-state index contributed by atoms with van der Waals surface area (Å²) in [4.78, 5) is 14.4. The highest BCUT2D eigenvalue weighted by Crippen LogP contribution is 2.36. The predicted molar refractivity (Wildman–Crippen MR) is 121 cm³/mol. The van der Waals surface area contributed by atoms with Gasteiger partial charge in [0, 0.05) is 34.8 Å². The summed E-state index contributed by atoms with van der Waals surface area (Å²) in [5.41, 5.74) is 7.74. The predicted octanol–water partition coefficient (Wildman–Crippen LogP) is 6.56. The zero-order valence-electron chi connectivity index (χ0n) is 17.3. The molecule has 0 bridgehead atoms. The van der Waals surface area contributed by atoms with E-state index < -0.39 is 0 Å². The number of pyridine rings is 1. The van der Waals surface area contributed by atoms with Crippen molar-refractivity contribution >= 4 is 17.6 Å². The van der Waals surface area contributed by atoms with E-state index in [0.717, 1.165) is 45.8 Å². The third-order valence-corrected chi connectivity index (χ3v) is 5.73. The summed E-state index contributed by atoms with van der Waals surface area (Å²) in [6.07, 6.45) is 7.10. The van der Waals surface area contributed by atoms with E-state index >= 15 is 0 Å². The van der Waals surface area contributed by atoms with Crippen LogP contribution in [-0.4, -0.2) is 23.0 Å². The Morgan fingerprint density at radius 3 is 2.63 bits per heavy atom. The number of fused-ring (bicyclic) bond motifs is 1. The van der Waals surface area contributed by atoms with E-state index in [9.17, 15) is 4.39 Å². The summed E-state index contributed by atoms with van der Waals surface area (Å²) in [5.74, 6) is 0.170. The molecule has 150 valence electrons. The van der Waals surface area contributed by atoms with Gasteiger partial charge < -0.3 is 0 Å². The second-order valence-electron chi connectivity index (χ2n) is 8.36. The molecule has 3 nitrogen and oxygen atoms in total. The molecule has 0 N–H and O–H groups in total. The highest BCUT2D eigenvalue weighted by molar-refractivity contribution is 6.08. The lowest BCUT2D eigenvalue weighted by Crippen LogP contribution is -2.07. The first kappa shape index (κ1) is 18.9. The van der Waals surface area contributed by atoms with Crippen LogP contribution in [0.3, 0.4) is 0 Å². The van der Waals surface area contributed by atoms with Gasteiger partial charge in [0.05, 0.1) is 17.4 Å². The van der Waals surface area contributed by atoms with Crippen LogP contribution in [0.25, 0.3) is 22.4 Å². The number of halogens is 1. The molecule has 2 heterocycles. The van der Waals surface area contributed by atoms with Crippen molar-refractivity contribution in [3.63, 3.8) is 0 Å². The monoisotopic (exact) mass is 397 g/mol. The summed E-state index contributed by atoms with van der Waals surface area (Å²) in [5, 5.41) is 0. The maximum Gasteiger partial charge on any atom is 0.126 e. The van der Waals surface area contributed by atoms with Crippen LogP contribution < -0.4 is 0 Å². The fourth-order valence-electron chi connectivity index (χ4n) is 3.93. The van der Waals surface area contributed by atoms with Crippen LogP contribution >= 0.6 is 0 Å². The molecular formula is C26H24FN3. The van der Waals surface area contributed by atoms with Crippen molar-refractivity contribution in [1.82, 2.24) is 4.98 Å². The van der Waals surface area contributed by atoms with Crippen molar-refractivity contribution in [3.05, 3.63) is 71.7 Å². The molecule has 1 aliphatic heterocycles. The van der Waals surface area contributed by atoms with Crippen LogP contribution in [0.2, 0.25) is 0 Å². The third kappa shape index (κ3) is 3.70. The van der Waals surface area contributed by atoms with Gasteiger partial charge in [0.15, 0.2) is 0 Å². The van der Waals surface area contributed by atoms with Gasteiger partial charge in [-0.3, -0.25) is 15.0 Å². The number of aromatic nitrogens is 1. The number of rotatable bonds is 3. The minimum Gasteiger partial charge on any atom is -0.286 e. The Labute approximate surface area is 176 Å². The zero-order chi connectivity index (χ0) is 20.7. The standard InChI is InChI=1S/C26H24FN3/c1-16-12-25(30-20-7-8-20)22-14-18(6-10-24(22)29-15-16)21-4-3-11-28-26(21)19-5-9-23(27)17(2)13-19/h3-6,9-11,13-16,20H,7-8,12H2,1-2H3. The first-order valence-electron chi connectivity index (χ1n) is 10.6. The van der Waals surface area contributed by atoms with Crippen molar-refractivity contribution in [2.45, 2.75) is 39.2 Å². The summed E-state index contributed by atoms with van der Waals surface area (Å²) in [6, 6.07) is 16.0. The third-order valence-electron chi connectivity index (χ3n) is 5.73. The van der Waals surface area contributed by atoms with Crippen molar-refractivity contribution in [2.75, 3.05) is 0 Å². The lowest BCUT2D eigenvalue weighted by atomic mass is 9.94. The van der Waals surface area contributed by atoms with E-state index in [1.807, 2.05) is 18.3 Å². The molecule has 1 unspecified atom stereocenters. The minimum atomic E-state index is -0.200. The number of hydrogen-bond donors (Lipinski definition) is 0. The molecule has 30 heavy (non-hydrogen) atoms. The van der Waals surface area contributed by atoms with Gasteiger partial charge in [-0.2, -0.15) is 0 Å². The molecule has 5 rings (SSSR count). The Morgan fingerprint density at radius 2 is 1.83 bits per heavy atom. The van der Waals surface area contributed by atoms with Gasteiger partial charge in [-0.1, -0.05) is 19.1 Å². The maximum atomic E-state index is 13.8. The number of aryl methyl sites for hydroxylation is 1. The summed E-state index contributed by atoms with van der Waals surface area (Å²) >= 11 is 0. The molecule has 2 aliphatic rings. The Kier molecular flexibility index (Phi) is 4.78. The fourth-order valence-corrected chi connectivity index (χ4v) is 3.93. The maximum absolute atomic E-state index is 13.8. The second kappa shape index (κ2) is 7.60. The highest BCUT2D eigenvalue weighted by Gasteiger charge is 2.24. The molecule has 4 heteroatoms. The molecule has 2 aromatic carbocycles. The minimum absolute atomic E-state index is 0.200. The van der Waals surface area contributed by atoms with Crippen molar-refractivity contribution in [3.8, 4) is 22.4 Å². The van der Waals surface area contributed by atoms with Crippen LogP contribution in [0.5, 0.6) is 0 Å². The molecule has 1 saturated carbocycles. The molecule has 1 aromatic heterocycles. The largest absolute Gasteiger partial charge is 0.286 e. The molecule has 0 spiro atoms. The number of aliphatic imine (C=N–C) groups is 2. The summed E-state index contributed by atoms with van der Waals surface area (Å²) in [6.45, 7) is 3.97. The molecule has 0 radical (unpaired) electrons. The first-order valence-corrected chi connectivity index (χ1v) is 10.6. The SMILES string of the molecule is Cc1cc(-c2ncccc2-c2ccc3c(c2)C(=NC2CC2)CC(C)C=N3)ccc1F. The number of benzene rings is 2. The van der Waals surface area contributed by atoms with Gasteiger partial charge in [0.25, 0.3) is 0 Å². The molecule has 3 aromatic rings. The summed E-state index contributed by atoms with van der Waals surface area (Å²) in [7, 11) is 0. The number of hydrogen-bond acceptors (Lipinski definition) is 3. The average Bonchev–Trinajstić information content (AvgIpc) is 3.59. The van der Waals surface area contributed by atoms with Gasteiger partial charge in [0.2, 0.25) is 0 Å². The topological polar surface area (TPSA) is 37.6 Å². The van der Waals surface area contributed by atoms with E-state index in [1.165, 1.54) is 18.9 Å².